The summed E-state index contributed by atoms with van der Waals surface area (Å²) in [6.45, 7) is 5.93. The van der Waals surface area contributed by atoms with E-state index >= 15 is 0 Å². The van der Waals surface area contributed by atoms with Gasteiger partial charge in [-0.15, -0.1) is 0 Å². The zero-order valence-electron chi connectivity index (χ0n) is 13.7. The molecule has 1 fully saturated rings. The molecule has 0 aliphatic heterocycles. The van der Waals surface area contributed by atoms with Gasteiger partial charge in [0.25, 0.3) is 0 Å². The van der Waals surface area contributed by atoms with Crippen molar-refractivity contribution in [2.24, 2.45) is 10.1 Å². The Morgan fingerprint density at radius 2 is 1.73 bits per heavy atom. The van der Waals surface area contributed by atoms with Gasteiger partial charge in [0, 0.05) is 18.7 Å². The van der Waals surface area contributed by atoms with Crippen molar-refractivity contribution in [3.8, 4) is 0 Å². The van der Waals surface area contributed by atoms with E-state index < -0.39 is 0 Å². The van der Waals surface area contributed by atoms with E-state index in [1.165, 1.54) is 19.3 Å². The predicted molar refractivity (Wildman–Crippen MR) is 92.0 cm³/mol. The van der Waals surface area contributed by atoms with E-state index in [0.717, 1.165) is 37.3 Å². The second-order valence-corrected chi connectivity index (χ2v) is 5.73. The molecule has 0 saturated heterocycles. The van der Waals surface area contributed by atoms with E-state index in [0.29, 0.717) is 11.8 Å². The lowest BCUT2D eigenvalue weighted by Gasteiger charge is -2.27. The summed E-state index contributed by atoms with van der Waals surface area (Å²) in [6, 6.07) is 10.2. The molecule has 0 atom stereocenters. The Labute approximate surface area is 133 Å². The average Bonchev–Trinajstić information content (AvgIpc) is 2.58. The van der Waals surface area contributed by atoms with Crippen LogP contribution in [0.5, 0.6) is 0 Å². The second kappa shape index (κ2) is 8.57. The van der Waals surface area contributed by atoms with Crippen molar-refractivity contribution in [3.63, 3.8) is 0 Å². The summed E-state index contributed by atoms with van der Waals surface area (Å²) in [5, 5.41) is 13.2. The minimum atomic E-state index is 0.352. The first-order valence-electron chi connectivity index (χ1n) is 8.40. The third kappa shape index (κ3) is 4.09. The molecule has 120 valence electrons. The van der Waals surface area contributed by atoms with Gasteiger partial charge in [0.05, 0.1) is 6.04 Å². The van der Waals surface area contributed by atoms with E-state index in [-0.39, 0.29) is 0 Å². The standard InChI is InChI=1S/C18H27N3O/c1-3-21(4-2)18(19-16-13-9-6-10-14-16)17(20-22)15-11-7-5-8-12-15/h5,7-8,11-12,16,22H,3-4,6,9-10,13-14H2,1-2H3/b19-18?,20-17-. The third-order valence-electron chi connectivity index (χ3n) is 4.30. The number of nitrogens with zero attached hydrogens (tertiary/aromatic N) is 3. The molecule has 1 aliphatic carbocycles. The first-order chi connectivity index (χ1) is 10.8. The lowest BCUT2D eigenvalue weighted by Crippen LogP contribution is -2.38. The van der Waals surface area contributed by atoms with Gasteiger partial charge in [0.2, 0.25) is 0 Å². The molecular formula is C18H27N3O. The molecule has 0 bridgehead atoms. The number of hydrogen-bond donors (Lipinski definition) is 1. The van der Waals surface area contributed by atoms with E-state index in [1.807, 2.05) is 30.3 Å². The average molecular weight is 301 g/mol. The van der Waals surface area contributed by atoms with Gasteiger partial charge in [0.15, 0.2) is 11.5 Å². The summed E-state index contributed by atoms with van der Waals surface area (Å²) < 4.78 is 0. The molecule has 0 spiro atoms. The Hall–Kier alpha value is -1.84. The molecule has 2 rings (SSSR count). The number of hydrogen-bond acceptors (Lipinski definition) is 3. The number of benzene rings is 1. The largest absolute Gasteiger partial charge is 0.410 e. The molecule has 0 aromatic heterocycles. The van der Waals surface area contributed by atoms with E-state index in [1.54, 1.807) is 0 Å². The first kappa shape index (κ1) is 16.5. The van der Waals surface area contributed by atoms with Crippen molar-refractivity contribution in [2.45, 2.75) is 52.0 Å². The highest BCUT2D eigenvalue weighted by molar-refractivity contribution is 6.47. The van der Waals surface area contributed by atoms with Gasteiger partial charge < -0.3 is 10.1 Å². The summed E-state index contributed by atoms with van der Waals surface area (Å²) >= 11 is 0. The Kier molecular flexibility index (Phi) is 6.44. The smallest absolute Gasteiger partial charge is 0.154 e. The summed E-state index contributed by atoms with van der Waals surface area (Å²) in [5.74, 6) is 0.825. The minimum Gasteiger partial charge on any atom is -0.410 e. The number of aliphatic imine (C=N–C) groups is 1. The van der Waals surface area contributed by atoms with Gasteiger partial charge >= 0.3 is 0 Å². The molecule has 1 saturated carbocycles. The van der Waals surface area contributed by atoms with Crippen molar-refractivity contribution < 1.29 is 5.21 Å². The van der Waals surface area contributed by atoms with Gasteiger partial charge in [-0.25, -0.2) is 0 Å². The fourth-order valence-electron chi connectivity index (χ4n) is 3.03. The summed E-state index contributed by atoms with van der Waals surface area (Å²) in [5.41, 5.74) is 1.49. The van der Waals surface area contributed by atoms with E-state index in [9.17, 15) is 5.21 Å². The number of oxime groups is 1. The van der Waals surface area contributed by atoms with Crippen LogP contribution in [0.4, 0.5) is 0 Å². The lowest BCUT2D eigenvalue weighted by atomic mass is 9.96. The molecule has 0 unspecified atom stereocenters. The van der Waals surface area contributed by atoms with E-state index in [2.05, 4.69) is 23.9 Å². The summed E-state index contributed by atoms with van der Waals surface area (Å²) in [4.78, 5) is 7.15. The van der Waals surface area contributed by atoms with Crippen LogP contribution in [0.25, 0.3) is 0 Å². The molecule has 1 aromatic carbocycles. The van der Waals surface area contributed by atoms with Crippen LogP contribution >= 0.6 is 0 Å². The van der Waals surface area contributed by atoms with Crippen molar-refractivity contribution in [1.82, 2.24) is 4.90 Å². The lowest BCUT2D eigenvalue weighted by molar-refractivity contribution is 0.319. The van der Waals surface area contributed by atoms with Crippen LogP contribution in [0.3, 0.4) is 0 Å². The molecule has 4 heteroatoms. The van der Waals surface area contributed by atoms with Crippen LogP contribution in [-0.2, 0) is 0 Å². The SMILES string of the molecule is CCN(CC)C(=NC1CCCCC1)/C(=N\O)c1ccccc1. The van der Waals surface area contributed by atoms with Gasteiger partial charge in [0.1, 0.15) is 0 Å². The highest BCUT2D eigenvalue weighted by Crippen LogP contribution is 2.21. The Bertz CT molecular complexity index is 500. The fourth-order valence-corrected chi connectivity index (χ4v) is 3.03. The first-order valence-corrected chi connectivity index (χ1v) is 8.40. The summed E-state index contributed by atoms with van der Waals surface area (Å²) in [7, 11) is 0. The van der Waals surface area contributed by atoms with Crippen LogP contribution in [0, 0.1) is 0 Å². The maximum atomic E-state index is 9.60. The van der Waals surface area contributed by atoms with Crippen molar-refractivity contribution in [2.75, 3.05) is 13.1 Å². The molecule has 0 heterocycles. The molecule has 1 aliphatic rings. The van der Waals surface area contributed by atoms with E-state index in [4.69, 9.17) is 4.99 Å². The van der Waals surface area contributed by atoms with Crippen LogP contribution in [0.15, 0.2) is 40.5 Å². The Morgan fingerprint density at radius 3 is 2.27 bits per heavy atom. The van der Waals surface area contributed by atoms with Crippen molar-refractivity contribution >= 4 is 11.5 Å². The Balaban J connectivity index is 2.36. The van der Waals surface area contributed by atoms with Crippen LogP contribution in [-0.4, -0.2) is 40.8 Å². The minimum absolute atomic E-state index is 0.352. The quantitative estimate of drug-likeness (QED) is 0.387. The molecule has 0 amide bonds. The molecule has 22 heavy (non-hydrogen) atoms. The highest BCUT2D eigenvalue weighted by Gasteiger charge is 2.21. The molecule has 1 N–H and O–H groups in total. The number of amidine groups is 1. The van der Waals surface area contributed by atoms with Crippen LogP contribution in [0.1, 0.15) is 51.5 Å². The Morgan fingerprint density at radius 1 is 1.09 bits per heavy atom. The van der Waals surface area contributed by atoms with Crippen LogP contribution in [0.2, 0.25) is 0 Å². The highest BCUT2D eigenvalue weighted by atomic mass is 16.4. The maximum Gasteiger partial charge on any atom is 0.154 e. The molecule has 1 aromatic rings. The topological polar surface area (TPSA) is 48.2 Å². The van der Waals surface area contributed by atoms with Crippen molar-refractivity contribution in [1.29, 1.82) is 0 Å². The molecule has 4 nitrogen and oxygen atoms in total. The zero-order valence-corrected chi connectivity index (χ0v) is 13.7. The second-order valence-electron chi connectivity index (χ2n) is 5.73. The zero-order chi connectivity index (χ0) is 15.8. The fraction of sp³-hybridized carbons (Fsp3) is 0.556. The molecule has 0 radical (unpaired) electrons. The number of rotatable bonds is 5. The predicted octanol–water partition coefficient (Wildman–Crippen LogP) is 3.94. The number of likely N-dealkylation sites (N-methyl/N-ethyl adjacent to an activating group) is 1. The van der Waals surface area contributed by atoms with Crippen molar-refractivity contribution in [3.05, 3.63) is 35.9 Å². The van der Waals surface area contributed by atoms with Gasteiger partial charge in [-0.3, -0.25) is 4.99 Å². The maximum absolute atomic E-state index is 9.60. The third-order valence-corrected chi connectivity index (χ3v) is 4.30. The van der Waals surface area contributed by atoms with Gasteiger partial charge in [-0.2, -0.15) is 0 Å². The van der Waals surface area contributed by atoms with Gasteiger partial charge in [-0.1, -0.05) is 54.8 Å². The summed E-state index contributed by atoms with van der Waals surface area (Å²) in [6.07, 6.45) is 6.08. The van der Waals surface area contributed by atoms with Gasteiger partial charge in [-0.05, 0) is 26.7 Å². The molecular weight excluding hydrogens is 274 g/mol. The monoisotopic (exact) mass is 301 g/mol. The normalized spacial score (nSPS) is 17.5. The van der Waals surface area contributed by atoms with Crippen LogP contribution < -0.4 is 0 Å².